The lowest BCUT2D eigenvalue weighted by molar-refractivity contribution is 0.0927. The Bertz CT molecular complexity index is 560. The molecule has 0 saturated heterocycles. The average Bonchev–Trinajstić information content (AvgIpc) is 2.36. The Hall–Kier alpha value is -1.70. The Morgan fingerprint density at radius 2 is 2.06 bits per heavy atom. The van der Waals surface area contributed by atoms with Crippen molar-refractivity contribution in [2.24, 2.45) is 5.92 Å². The third kappa shape index (κ3) is 2.36. The first-order valence-electron chi connectivity index (χ1n) is 6.03. The SMILES string of the molecule is CCC(C)C(=O)c1ccc2nc(C)ccc2c1. The van der Waals surface area contributed by atoms with E-state index < -0.39 is 0 Å². The first kappa shape index (κ1) is 11.8. The predicted octanol–water partition coefficient (Wildman–Crippen LogP) is 3.77. The normalized spacial score (nSPS) is 12.6. The van der Waals surface area contributed by atoms with Crippen LogP contribution in [-0.4, -0.2) is 10.8 Å². The van der Waals surface area contributed by atoms with Crippen molar-refractivity contribution in [2.75, 3.05) is 0 Å². The summed E-state index contributed by atoms with van der Waals surface area (Å²) < 4.78 is 0. The highest BCUT2D eigenvalue weighted by Crippen LogP contribution is 2.18. The summed E-state index contributed by atoms with van der Waals surface area (Å²) in [5, 5.41) is 1.03. The Balaban J connectivity index is 2.45. The van der Waals surface area contributed by atoms with E-state index in [1.54, 1.807) is 0 Å². The molecule has 1 heterocycles. The minimum Gasteiger partial charge on any atom is -0.294 e. The second kappa shape index (κ2) is 4.66. The van der Waals surface area contributed by atoms with Gasteiger partial charge in [0.2, 0.25) is 0 Å². The van der Waals surface area contributed by atoms with E-state index in [0.717, 1.165) is 28.6 Å². The molecule has 0 aliphatic heterocycles. The van der Waals surface area contributed by atoms with E-state index >= 15 is 0 Å². The van der Waals surface area contributed by atoms with Crippen LogP contribution in [0.1, 0.15) is 36.3 Å². The average molecular weight is 227 g/mol. The van der Waals surface area contributed by atoms with Gasteiger partial charge in [0, 0.05) is 22.6 Å². The number of carbonyl (C=O) groups excluding carboxylic acids is 1. The monoisotopic (exact) mass is 227 g/mol. The fourth-order valence-electron chi connectivity index (χ4n) is 1.85. The van der Waals surface area contributed by atoms with Crippen LogP contribution in [-0.2, 0) is 0 Å². The number of benzene rings is 1. The molecule has 0 spiro atoms. The lowest BCUT2D eigenvalue weighted by Crippen LogP contribution is -2.09. The zero-order valence-corrected chi connectivity index (χ0v) is 10.5. The molecule has 0 N–H and O–H groups in total. The van der Waals surface area contributed by atoms with Gasteiger partial charge in [-0.15, -0.1) is 0 Å². The number of hydrogen-bond acceptors (Lipinski definition) is 2. The van der Waals surface area contributed by atoms with Crippen molar-refractivity contribution in [2.45, 2.75) is 27.2 Å². The van der Waals surface area contributed by atoms with Crippen molar-refractivity contribution in [1.29, 1.82) is 0 Å². The van der Waals surface area contributed by atoms with Crippen LogP contribution in [0.5, 0.6) is 0 Å². The molecule has 0 aliphatic carbocycles. The van der Waals surface area contributed by atoms with Crippen molar-refractivity contribution in [3.63, 3.8) is 0 Å². The van der Waals surface area contributed by atoms with E-state index in [4.69, 9.17) is 0 Å². The highest BCUT2D eigenvalue weighted by atomic mass is 16.1. The molecule has 1 unspecified atom stereocenters. The van der Waals surface area contributed by atoms with E-state index in [9.17, 15) is 4.79 Å². The first-order chi connectivity index (χ1) is 8.11. The number of hydrogen-bond donors (Lipinski definition) is 0. The molecule has 17 heavy (non-hydrogen) atoms. The maximum Gasteiger partial charge on any atom is 0.165 e. The second-order valence-electron chi connectivity index (χ2n) is 4.53. The zero-order valence-electron chi connectivity index (χ0n) is 10.5. The summed E-state index contributed by atoms with van der Waals surface area (Å²) in [5.74, 6) is 0.306. The molecule has 2 aromatic rings. The number of pyridine rings is 1. The van der Waals surface area contributed by atoms with E-state index in [1.165, 1.54) is 0 Å². The van der Waals surface area contributed by atoms with Gasteiger partial charge in [0.15, 0.2) is 5.78 Å². The fraction of sp³-hybridized carbons (Fsp3) is 0.333. The molecule has 0 fully saturated rings. The molecule has 1 aromatic carbocycles. The maximum atomic E-state index is 12.1. The van der Waals surface area contributed by atoms with Crippen molar-refractivity contribution in [3.8, 4) is 0 Å². The number of nitrogens with zero attached hydrogens (tertiary/aromatic N) is 1. The molecule has 0 amide bonds. The van der Waals surface area contributed by atoms with Crippen LogP contribution in [0, 0.1) is 12.8 Å². The molecule has 2 nitrogen and oxygen atoms in total. The van der Waals surface area contributed by atoms with Gasteiger partial charge in [0.1, 0.15) is 0 Å². The van der Waals surface area contributed by atoms with Gasteiger partial charge in [-0.05, 0) is 37.6 Å². The second-order valence-corrected chi connectivity index (χ2v) is 4.53. The lowest BCUT2D eigenvalue weighted by Gasteiger charge is -2.08. The summed E-state index contributed by atoms with van der Waals surface area (Å²) in [6.45, 7) is 5.98. The summed E-state index contributed by atoms with van der Waals surface area (Å²) in [7, 11) is 0. The van der Waals surface area contributed by atoms with Gasteiger partial charge in [-0.2, -0.15) is 0 Å². The van der Waals surface area contributed by atoms with Gasteiger partial charge in [-0.25, -0.2) is 0 Å². The highest BCUT2D eigenvalue weighted by Gasteiger charge is 2.13. The van der Waals surface area contributed by atoms with Crippen LogP contribution >= 0.6 is 0 Å². The maximum absolute atomic E-state index is 12.1. The number of fused-ring (bicyclic) bond motifs is 1. The number of aromatic nitrogens is 1. The lowest BCUT2D eigenvalue weighted by atomic mass is 9.96. The number of aryl methyl sites for hydroxylation is 1. The fourth-order valence-corrected chi connectivity index (χ4v) is 1.85. The third-order valence-corrected chi connectivity index (χ3v) is 3.17. The highest BCUT2D eigenvalue weighted by molar-refractivity contribution is 6.00. The summed E-state index contributed by atoms with van der Waals surface area (Å²) in [6.07, 6.45) is 0.878. The minimum atomic E-state index is 0.0888. The molecule has 0 bridgehead atoms. The van der Waals surface area contributed by atoms with E-state index in [0.29, 0.717) is 0 Å². The zero-order chi connectivity index (χ0) is 12.4. The van der Waals surface area contributed by atoms with E-state index in [-0.39, 0.29) is 11.7 Å². The van der Waals surface area contributed by atoms with Gasteiger partial charge >= 0.3 is 0 Å². The van der Waals surface area contributed by atoms with E-state index in [1.807, 2.05) is 51.1 Å². The Morgan fingerprint density at radius 3 is 2.76 bits per heavy atom. The number of Topliss-reactive ketones (excluding diaryl/α,β-unsaturated/α-hetero) is 1. The Labute approximate surface area is 102 Å². The number of rotatable bonds is 3. The van der Waals surface area contributed by atoms with Gasteiger partial charge < -0.3 is 0 Å². The van der Waals surface area contributed by atoms with Gasteiger partial charge in [0.25, 0.3) is 0 Å². The van der Waals surface area contributed by atoms with Crippen LogP contribution < -0.4 is 0 Å². The van der Waals surface area contributed by atoms with Crippen molar-refractivity contribution < 1.29 is 4.79 Å². The summed E-state index contributed by atoms with van der Waals surface area (Å²) >= 11 is 0. The van der Waals surface area contributed by atoms with E-state index in [2.05, 4.69) is 4.98 Å². The minimum absolute atomic E-state index is 0.0888. The molecule has 0 aliphatic rings. The van der Waals surface area contributed by atoms with Crippen LogP contribution in [0.3, 0.4) is 0 Å². The van der Waals surface area contributed by atoms with Gasteiger partial charge in [0.05, 0.1) is 5.52 Å². The summed E-state index contributed by atoms with van der Waals surface area (Å²) in [5.41, 5.74) is 2.74. The van der Waals surface area contributed by atoms with Crippen molar-refractivity contribution in [1.82, 2.24) is 4.98 Å². The smallest absolute Gasteiger partial charge is 0.165 e. The Morgan fingerprint density at radius 1 is 1.29 bits per heavy atom. The molecule has 2 heteroatoms. The molecular weight excluding hydrogens is 210 g/mol. The largest absolute Gasteiger partial charge is 0.294 e. The number of ketones is 1. The summed E-state index contributed by atoms with van der Waals surface area (Å²) in [4.78, 5) is 16.5. The van der Waals surface area contributed by atoms with Crippen LogP contribution in [0.15, 0.2) is 30.3 Å². The quantitative estimate of drug-likeness (QED) is 0.747. The third-order valence-electron chi connectivity index (χ3n) is 3.17. The standard InChI is InChI=1S/C15H17NO/c1-4-10(2)15(17)13-7-8-14-12(9-13)6-5-11(3)16-14/h5-10H,4H2,1-3H3. The molecular formula is C15H17NO. The molecule has 0 saturated carbocycles. The van der Waals surface area contributed by atoms with Gasteiger partial charge in [-0.3, -0.25) is 9.78 Å². The van der Waals surface area contributed by atoms with Crippen molar-refractivity contribution in [3.05, 3.63) is 41.6 Å². The number of carbonyl (C=O) groups is 1. The molecule has 0 radical (unpaired) electrons. The van der Waals surface area contributed by atoms with Crippen LogP contribution in [0.25, 0.3) is 10.9 Å². The topological polar surface area (TPSA) is 30.0 Å². The molecule has 1 atom stereocenters. The van der Waals surface area contributed by atoms with Crippen LogP contribution in [0.2, 0.25) is 0 Å². The molecule has 1 aromatic heterocycles. The summed E-state index contributed by atoms with van der Waals surface area (Å²) in [6, 6.07) is 9.74. The predicted molar refractivity (Wildman–Crippen MR) is 70.3 cm³/mol. The first-order valence-corrected chi connectivity index (χ1v) is 6.03. The molecule has 2 rings (SSSR count). The molecule has 88 valence electrons. The van der Waals surface area contributed by atoms with Gasteiger partial charge in [-0.1, -0.05) is 19.9 Å². The Kier molecular flexibility index (Phi) is 3.23. The van der Waals surface area contributed by atoms with Crippen molar-refractivity contribution >= 4 is 16.7 Å². The van der Waals surface area contributed by atoms with Crippen LogP contribution in [0.4, 0.5) is 0 Å².